The molecule has 2 heteroatoms. The van der Waals surface area contributed by atoms with Gasteiger partial charge in [0.2, 0.25) is 5.91 Å². The van der Waals surface area contributed by atoms with Gasteiger partial charge < -0.3 is 4.90 Å². The lowest BCUT2D eigenvalue weighted by molar-refractivity contribution is -0.164. The van der Waals surface area contributed by atoms with Crippen molar-refractivity contribution < 1.29 is 4.79 Å². The molecule has 0 radical (unpaired) electrons. The van der Waals surface area contributed by atoms with Crippen LogP contribution in [0, 0.1) is 23.2 Å². The third-order valence-electron chi connectivity index (χ3n) is 6.92. The maximum atomic E-state index is 13.4. The summed E-state index contributed by atoms with van der Waals surface area (Å²) >= 11 is 0. The minimum Gasteiger partial charge on any atom is -0.337 e. The van der Waals surface area contributed by atoms with E-state index in [1.807, 2.05) is 0 Å². The van der Waals surface area contributed by atoms with E-state index in [1.54, 1.807) is 0 Å². The van der Waals surface area contributed by atoms with Gasteiger partial charge in [0.1, 0.15) is 0 Å². The van der Waals surface area contributed by atoms with Crippen molar-refractivity contribution in [2.75, 3.05) is 0 Å². The van der Waals surface area contributed by atoms with E-state index in [-0.39, 0.29) is 5.41 Å². The molecular weight excluding hydrogens is 246 g/mol. The van der Waals surface area contributed by atoms with Crippen LogP contribution in [0.2, 0.25) is 0 Å². The SMILES string of the molecule is C[C@@H]1CCC[C@@H](C)N1C(=O)C12CC3CC(CC(C3)C1)C2. The maximum Gasteiger partial charge on any atom is 0.229 e. The van der Waals surface area contributed by atoms with E-state index in [9.17, 15) is 4.79 Å². The molecule has 1 heterocycles. The summed E-state index contributed by atoms with van der Waals surface area (Å²) in [4.78, 5) is 15.7. The average molecular weight is 275 g/mol. The number of carbonyl (C=O) groups excluding carboxylic acids is 1. The molecule has 4 saturated carbocycles. The van der Waals surface area contributed by atoms with Crippen molar-refractivity contribution in [3.05, 3.63) is 0 Å². The number of hydrogen-bond donors (Lipinski definition) is 0. The first-order valence-corrected chi connectivity index (χ1v) is 8.90. The van der Waals surface area contributed by atoms with Crippen molar-refractivity contribution in [1.82, 2.24) is 4.90 Å². The molecule has 1 amide bonds. The molecule has 0 unspecified atom stereocenters. The molecule has 0 aromatic heterocycles. The Labute approximate surface area is 123 Å². The summed E-state index contributed by atoms with van der Waals surface area (Å²) in [5, 5.41) is 0. The first kappa shape index (κ1) is 13.2. The fourth-order valence-electron chi connectivity index (χ4n) is 6.47. The van der Waals surface area contributed by atoms with Crippen molar-refractivity contribution in [3.8, 4) is 0 Å². The number of rotatable bonds is 1. The second-order valence-electron chi connectivity index (χ2n) is 8.54. The van der Waals surface area contributed by atoms with Gasteiger partial charge in [0.25, 0.3) is 0 Å². The second-order valence-corrected chi connectivity index (χ2v) is 8.54. The zero-order valence-corrected chi connectivity index (χ0v) is 13.1. The minimum atomic E-state index is 0.0641. The summed E-state index contributed by atoms with van der Waals surface area (Å²) in [6, 6.07) is 0.943. The van der Waals surface area contributed by atoms with E-state index in [0.29, 0.717) is 18.0 Å². The van der Waals surface area contributed by atoms with E-state index in [1.165, 1.54) is 57.8 Å². The van der Waals surface area contributed by atoms with E-state index < -0.39 is 0 Å². The summed E-state index contributed by atoms with van der Waals surface area (Å²) in [5.41, 5.74) is 0.0641. The van der Waals surface area contributed by atoms with Crippen LogP contribution >= 0.6 is 0 Å². The molecule has 0 N–H and O–H groups in total. The van der Waals surface area contributed by atoms with Gasteiger partial charge in [0.15, 0.2) is 0 Å². The first-order valence-electron chi connectivity index (χ1n) is 8.90. The van der Waals surface area contributed by atoms with Gasteiger partial charge in [-0.15, -0.1) is 0 Å². The Balaban J connectivity index is 1.61. The molecule has 0 spiro atoms. The van der Waals surface area contributed by atoms with Crippen LogP contribution in [-0.2, 0) is 4.79 Å². The zero-order chi connectivity index (χ0) is 13.9. The van der Waals surface area contributed by atoms with Gasteiger partial charge >= 0.3 is 0 Å². The van der Waals surface area contributed by atoms with Crippen LogP contribution in [0.25, 0.3) is 0 Å². The van der Waals surface area contributed by atoms with Crippen molar-refractivity contribution in [2.45, 2.75) is 83.7 Å². The first-order chi connectivity index (χ1) is 9.57. The number of carbonyl (C=O) groups is 1. The second kappa shape index (κ2) is 4.48. The van der Waals surface area contributed by atoms with Gasteiger partial charge in [0, 0.05) is 12.1 Å². The molecule has 5 rings (SSSR count). The Morgan fingerprint density at radius 2 is 1.35 bits per heavy atom. The number of nitrogens with zero attached hydrogens (tertiary/aromatic N) is 1. The zero-order valence-electron chi connectivity index (χ0n) is 13.1. The molecule has 112 valence electrons. The van der Waals surface area contributed by atoms with E-state index in [0.717, 1.165) is 17.8 Å². The molecule has 20 heavy (non-hydrogen) atoms. The highest BCUT2D eigenvalue weighted by molar-refractivity contribution is 5.84. The van der Waals surface area contributed by atoms with Crippen LogP contribution in [0.15, 0.2) is 0 Å². The van der Waals surface area contributed by atoms with E-state index in [4.69, 9.17) is 0 Å². The summed E-state index contributed by atoms with van der Waals surface area (Å²) in [5.74, 6) is 3.18. The highest BCUT2D eigenvalue weighted by Crippen LogP contribution is 2.60. The average Bonchev–Trinajstić information content (AvgIpc) is 2.36. The predicted octanol–water partition coefficient (Wildman–Crippen LogP) is 3.99. The fourth-order valence-corrected chi connectivity index (χ4v) is 6.47. The van der Waals surface area contributed by atoms with Gasteiger partial charge in [-0.25, -0.2) is 0 Å². The smallest absolute Gasteiger partial charge is 0.229 e. The fraction of sp³-hybridized carbons (Fsp3) is 0.944. The Morgan fingerprint density at radius 3 is 1.80 bits per heavy atom. The molecule has 0 aromatic rings. The minimum absolute atomic E-state index is 0.0641. The standard InChI is InChI=1S/C18H29NO/c1-12-4-3-5-13(2)19(12)17(20)18-9-14-6-15(10-18)8-16(7-14)11-18/h12-16H,3-11H2,1-2H3/t12-,13-,14?,15?,16?,18?/m1/s1. The normalized spacial score (nSPS) is 50.5. The molecule has 2 atom stereocenters. The topological polar surface area (TPSA) is 20.3 Å². The van der Waals surface area contributed by atoms with Gasteiger partial charge in [-0.05, 0) is 89.4 Å². The van der Waals surface area contributed by atoms with E-state index >= 15 is 0 Å². The van der Waals surface area contributed by atoms with Crippen molar-refractivity contribution in [2.24, 2.45) is 23.2 Å². The van der Waals surface area contributed by atoms with E-state index in [2.05, 4.69) is 18.7 Å². The summed E-state index contributed by atoms with van der Waals surface area (Å²) in [7, 11) is 0. The third kappa shape index (κ3) is 1.86. The van der Waals surface area contributed by atoms with Gasteiger partial charge in [-0.1, -0.05) is 0 Å². The van der Waals surface area contributed by atoms with Crippen molar-refractivity contribution in [3.63, 3.8) is 0 Å². The molecule has 2 nitrogen and oxygen atoms in total. The van der Waals surface area contributed by atoms with Gasteiger partial charge in [-0.3, -0.25) is 4.79 Å². The van der Waals surface area contributed by atoms with Crippen molar-refractivity contribution in [1.29, 1.82) is 0 Å². The van der Waals surface area contributed by atoms with Crippen LogP contribution in [0.5, 0.6) is 0 Å². The lowest BCUT2D eigenvalue weighted by Gasteiger charge is -2.58. The quantitative estimate of drug-likeness (QED) is 0.708. The van der Waals surface area contributed by atoms with Crippen LogP contribution in [-0.4, -0.2) is 22.9 Å². The highest BCUT2D eigenvalue weighted by atomic mass is 16.2. The Kier molecular flexibility index (Phi) is 2.95. The summed E-state index contributed by atoms with van der Waals surface area (Å²) in [6.45, 7) is 4.54. The largest absolute Gasteiger partial charge is 0.337 e. The lowest BCUT2D eigenvalue weighted by atomic mass is 9.49. The molecule has 5 fully saturated rings. The Morgan fingerprint density at radius 1 is 0.900 bits per heavy atom. The number of hydrogen-bond acceptors (Lipinski definition) is 1. The predicted molar refractivity (Wildman–Crippen MR) is 80.2 cm³/mol. The Bertz CT molecular complexity index is 370. The highest BCUT2D eigenvalue weighted by Gasteiger charge is 2.56. The van der Waals surface area contributed by atoms with Crippen LogP contribution in [0.3, 0.4) is 0 Å². The molecule has 0 aromatic carbocycles. The molecule has 4 aliphatic carbocycles. The molecule has 5 aliphatic rings. The molecular formula is C18H29NO. The molecule has 1 saturated heterocycles. The molecule has 4 bridgehead atoms. The Hall–Kier alpha value is -0.530. The van der Waals surface area contributed by atoms with Crippen LogP contribution < -0.4 is 0 Å². The van der Waals surface area contributed by atoms with Crippen LogP contribution in [0.1, 0.15) is 71.6 Å². The van der Waals surface area contributed by atoms with Gasteiger partial charge in [-0.2, -0.15) is 0 Å². The monoisotopic (exact) mass is 275 g/mol. The van der Waals surface area contributed by atoms with Gasteiger partial charge in [0.05, 0.1) is 5.41 Å². The summed E-state index contributed by atoms with van der Waals surface area (Å²) in [6.07, 6.45) is 11.7. The lowest BCUT2D eigenvalue weighted by Crippen LogP contribution is -2.58. The summed E-state index contributed by atoms with van der Waals surface area (Å²) < 4.78 is 0. The van der Waals surface area contributed by atoms with Crippen molar-refractivity contribution >= 4 is 5.91 Å². The van der Waals surface area contributed by atoms with Crippen LogP contribution in [0.4, 0.5) is 0 Å². The maximum absolute atomic E-state index is 13.4. The third-order valence-corrected chi connectivity index (χ3v) is 6.92. The number of piperidine rings is 1. The molecule has 1 aliphatic heterocycles. The number of amides is 1. The number of likely N-dealkylation sites (tertiary alicyclic amines) is 1.